The van der Waals surface area contributed by atoms with Gasteiger partial charge in [-0.05, 0) is 23.8 Å². The average molecular weight is 225 g/mol. The van der Waals surface area contributed by atoms with E-state index in [1.165, 1.54) is 5.69 Å². The van der Waals surface area contributed by atoms with Crippen LogP contribution < -0.4 is 9.64 Å². The Bertz CT molecular complexity index is 303. The molecule has 0 saturated carbocycles. The zero-order chi connectivity index (χ0) is 11.3. The lowest BCUT2D eigenvalue weighted by Crippen LogP contribution is -2.24. The zero-order valence-electron chi connectivity index (χ0n) is 9.60. The quantitative estimate of drug-likeness (QED) is 0.774. The van der Waals surface area contributed by atoms with Crippen molar-refractivity contribution in [2.24, 2.45) is 5.92 Å². The molecule has 0 aliphatic carbocycles. The minimum absolute atomic E-state index is 0.588. The summed E-state index contributed by atoms with van der Waals surface area (Å²) in [5.41, 5.74) is 1.18. The Balaban J connectivity index is 2.68. The highest BCUT2D eigenvalue weighted by molar-refractivity contribution is 7.80. The monoisotopic (exact) mass is 225 g/mol. The van der Waals surface area contributed by atoms with Gasteiger partial charge in [0, 0.05) is 25.3 Å². The molecule has 2 nitrogen and oxygen atoms in total. The van der Waals surface area contributed by atoms with E-state index in [1.807, 2.05) is 18.2 Å². The number of hydrogen-bond acceptors (Lipinski definition) is 3. The summed E-state index contributed by atoms with van der Waals surface area (Å²) in [4.78, 5) is 2.23. The minimum Gasteiger partial charge on any atom is -0.497 e. The predicted molar refractivity (Wildman–Crippen MR) is 69.3 cm³/mol. The Morgan fingerprint density at radius 3 is 2.80 bits per heavy atom. The first kappa shape index (κ1) is 12.2. The summed E-state index contributed by atoms with van der Waals surface area (Å²) in [5, 5.41) is 0. The van der Waals surface area contributed by atoms with Gasteiger partial charge in [-0.25, -0.2) is 0 Å². The van der Waals surface area contributed by atoms with Crippen molar-refractivity contribution in [1.29, 1.82) is 0 Å². The highest BCUT2D eigenvalue weighted by atomic mass is 32.1. The summed E-state index contributed by atoms with van der Waals surface area (Å²) >= 11 is 4.29. The normalized spacial score (nSPS) is 12.3. The molecule has 0 aliphatic rings. The fourth-order valence-electron chi connectivity index (χ4n) is 1.48. The molecule has 1 aromatic rings. The molecular formula is C12H19NOS. The average Bonchev–Trinajstić information content (AvgIpc) is 2.28. The van der Waals surface area contributed by atoms with Crippen molar-refractivity contribution in [3.63, 3.8) is 0 Å². The first-order valence-electron chi connectivity index (χ1n) is 5.13. The second-order valence-electron chi connectivity index (χ2n) is 3.87. The van der Waals surface area contributed by atoms with E-state index in [0.29, 0.717) is 5.92 Å². The number of methoxy groups -OCH3 is 1. The highest BCUT2D eigenvalue weighted by Crippen LogP contribution is 2.20. The number of nitrogens with zero attached hydrogens (tertiary/aromatic N) is 1. The van der Waals surface area contributed by atoms with Gasteiger partial charge in [0.15, 0.2) is 0 Å². The maximum absolute atomic E-state index is 5.19. The molecule has 0 fully saturated rings. The molecule has 1 rings (SSSR count). The lowest BCUT2D eigenvalue weighted by molar-refractivity contribution is 0.415. The van der Waals surface area contributed by atoms with Gasteiger partial charge in [-0.15, -0.1) is 0 Å². The van der Waals surface area contributed by atoms with Crippen LogP contribution in [0.3, 0.4) is 0 Å². The molecule has 0 aliphatic heterocycles. The molecule has 84 valence electrons. The van der Waals surface area contributed by atoms with Gasteiger partial charge in [0.25, 0.3) is 0 Å². The molecule has 0 radical (unpaired) electrons. The third-order valence-electron chi connectivity index (χ3n) is 2.39. The van der Waals surface area contributed by atoms with E-state index in [0.717, 1.165) is 18.0 Å². The number of thiol groups is 1. The Morgan fingerprint density at radius 2 is 2.20 bits per heavy atom. The summed E-state index contributed by atoms with van der Waals surface area (Å²) in [6.07, 6.45) is 0. The summed E-state index contributed by atoms with van der Waals surface area (Å²) in [6.45, 7) is 3.21. The number of hydrogen-bond donors (Lipinski definition) is 1. The maximum atomic E-state index is 5.19. The van der Waals surface area contributed by atoms with Crippen LogP contribution in [0.5, 0.6) is 5.75 Å². The molecule has 0 N–H and O–H groups in total. The third-order valence-corrected chi connectivity index (χ3v) is 3.01. The Morgan fingerprint density at radius 1 is 1.47 bits per heavy atom. The molecule has 3 heteroatoms. The van der Waals surface area contributed by atoms with Crippen molar-refractivity contribution in [2.75, 3.05) is 31.4 Å². The standard InChI is InChI=1S/C12H19NOS/c1-10(9-15)8-13(2)11-5-4-6-12(7-11)14-3/h4-7,10,15H,8-9H2,1-3H3. The SMILES string of the molecule is COc1cccc(N(C)CC(C)CS)c1. The molecule has 1 unspecified atom stereocenters. The van der Waals surface area contributed by atoms with Gasteiger partial charge in [0.2, 0.25) is 0 Å². The van der Waals surface area contributed by atoms with Gasteiger partial charge >= 0.3 is 0 Å². The van der Waals surface area contributed by atoms with Crippen molar-refractivity contribution >= 4 is 18.3 Å². The van der Waals surface area contributed by atoms with Gasteiger partial charge in [0.1, 0.15) is 5.75 Å². The van der Waals surface area contributed by atoms with E-state index in [4.69, 9.17) is 4.74 Å². The fraction of sp³-hybridized carbons (Fsp3) is 0.500. The van der Waals surface area contributed by atoms with Crippen LogP contribution in [0, 0.1) is 5.92 Å². The number of benzene rings is 1. The second-order valence-corrected chi connectivity index (χ2v) is 4.23. The fourth-order valence-corrected chi connectivity index (χ4v) is 1.59. The second kappa shape index (κ2) is 5.91. The Labute approximate surface area is 97.6 Å². The molecule has 15 heavy (non-hydrogen) atoms. The smallest absolute Gasteiger partial charge is 0.120 e. The van der Waals surface area contributed by atoms with Crippen LogP contribution in [-0.4, -0.2) is 26.5 Å². The largest absolute Gasteiger partial charge is 0.497 e. The molecule has 0 saturated heterocycles. The molecule has 1 aromatic carbocycles. The van der Waals surface area contributed by atoms with Gasteiger partial charge in [-0.1, -0.05) is 13.0 Å². The van der Waals surface area contributed by atoms with Gasteiger partial charge in [-0.3, -0.25) is 0 Å². The zero-order valence-corrected chi connectivity index (χ0v) is 10.5. The number of anilines is 1. The molecule has 0 amide bonds. The van der Waals surface area contributed by atoms with Crippen molar-refractivity contribution in [3.05, 3.63) is 24.3 Å². The van der Waals surface area contributed by atoms with Crippen LogP contribution in [0.25, 0.3) is 0 Å². The van der Waals surface area contributed by atoms with Crippen molar-refractivity contribution in [3.8, 4) is 5.75 Å². The van der Waals surface area contributed by atoms with Gasteiger partial charge in [0.05, 0.1) is 7.11 Å². The van der Waals surface area contributed by atoms with Crippen LogP contribution in [0.2, 0.25) is 0 Å². The van der Waals surface area contributed by atoms with Crippen LogP contribution in [0.1, 0.15) is 6.92 Å². The molecule has 0 bridgehead atoms. The van der Waals surface area contributed by atoms with E-state index >= 15 is 0 Å². The Kier molecular flexibility index (Phi) is 4.82. The van der Waals surface area contributed by atoms with E-state index in [-0.39, 0.29) is 0 Å². The number of ether oxygens (including phenoxy) is 1. The third kappa shape index (κ3) is 3.67. The summed E-state index contributed by atoms with van der Waals surface area (Å²) in [5.74, 6) is 2.40. The van der Waals surface area contributed by atoms with Gasteiger partial charge in [-0.2, -0.15) is 12.6 Å². The molecule has 1 atom stereocenters. The number of rotatable bonds is 5. The van der Waals surface area contributed by atoms with Crippen molar-refractivity contribution in [2.45, 2.75) is 6.92 Å². The lowest BCUT2D eigenvalue weighted by Gasteiger charge is -2.22. The minimum atomic E-state index is 0.588. The molecular weight excluding hydrogens is 206 g/mol. The molecule has 0 heterocycles. The van der Waals surface area contributed by atoms with E-state index in [1.54, 1.807) is 7.11 Å². The maximum Gasteiger partial charge on any atom is 0.120 e. The van der Waals surface area contributed by atoms with Crippen molar-refractivity contribution in [1.82, 2.24) is 0 Å². The van der Waals surface area contributed by atoms with E-state index < -0.39 is 0 Å². The summed E-state index contributed by atoms with van der Waals surface area (Å²) < 4.78 is 5.19. The lowest BCUT2D eigenvalue weighted by atomic mass is 10.2. The van der Waals surface area contributed by atoms with Gasteiger partial charge < -0.3 is 9.64 Å². The topological polar surface area (TPSA) is 12.5 Å². The van der Waals surface area contributed by atoms with Crippen LogP contribution in [-0.2, 0) is 0 Å². The first-order chi connectivity index (χ1) is 7.17. The molecule has 0 spiro atoms. The van der Waals surface area contributed by atoms with Crippen LogP contribution in [0.15, 0.2) is 24.3 Å². The predicted octanol–water partition coefficient (Wildman–Crippen LogP) is 2.70. The van der Waals surface area contributed by atoms with Crippen molar-refractivity contribution < 1.29 is 4.74 Å². The van der Waals surface area contributed by atoms with Crippen LogP contribution >= 0.6 is 12.6 Å². The van der Waals surface area contributed by atoms with Crippen LogP contribution in [0.4, 0.5) is 5.69 Å². The summed E-state index contributed by atoms with van der Waals surface area (Å²) in [6, 6.07) is 8.11. The molecule has 0 aromatic heterocycles. The van der Waals surface area contributed by atoms with E-state index in [2.05, 4.69) is 37.6 Å². The summed E-state index contributed by atoms with van der Waals surface area (Å²) in [7, 11) is 3.78. The first-order valence-corrected chi connectivity index (χ1v) is 5.76. The highest BCUT2D eigenvalue weighted by Gasteiger charge is 2.06. The van der Waals surface area contributed by atoms with E-state index in [9.17, 15) is 0 Å². The Hall–Kier alpha value is -0.830.